The van der Waals surface area contributed by atoms with E-state index in [0.717, 1.165) is 51.7 Å². The van der Waals surface area contributed by atoms with Gasteiger partial charge in [-0.1, -0.05) is 53.5 Å². The Hall–Kier alpha value is -1.89. The predicted octanol–water partition coefficient (Wildman–Crippen LogP) is 3.83. The van der Waals surface area contributed by atoms with Crippen LogP contribution in [0.25, 0.3) is 0 Å². The van der Waals surface area contributed by atoms with E-state index >= 15 is 0 Å². The third kappa shape index (κ3) is 8.71. The highest BCUT2D eigenvalue weighted by molar-refractivity contribution is 5.93. The first-order valence-corrected chi connectivity index (χ1v) is 13.1. The number of hydrogen-bond donors (Lipinski definition) is 1. The van der Waals surface area contributed by atoms with Crippen LogP contribution in [0.3, 0.4) is 0 Å². The van der Waals surface area contributed by atoms with Crippen LogP contribution in [0.15, 0.2) is 11.6 Å². The molecule has 0 aromatic carbocycles. The predicted molar refractivity (Wildman–Crippen MR) is 139 cm³/mol. The van der Waals surface area contributed by atoms with Crippen molar-refractivity contribution in [2.75, 3.05) is 33.7 Å². The van der Waals surface area contributed by atoms with Crippen LogP contribution in [0.4, 0.5) is 0 Å². The quantitative estimate of drug-likeness (QED) is 0.589. The number of rotatable bonds is 6. The summed E-state index contributed by atoms with van der Waals surface area (Å²) in [4.78, 5) is 44.6. The van der Waals surface area contributed by atoms with Crippen LogP contribution in [0.1, 0.15) is 87.0 Å². The van der Waals surface area contributed by atoms with Gasteiger partial charge < -0.3 is 15.1 Å². The first-order valence-electron chi connectivity index (χ1n) is 13.1. The van der Waals surface area contributed by atoms with Crippen molar-refractivity contribution in [1.82, 2.24) is 20.0 Å². The fourth-order valence-electron chi connectivity index (χ4n) is 4.41. The van der Waals surface area contributed by atoms with Crippen molar-refractivity contribution in [2.24, 2.45) is 5.41 Å². The maximum atomic E-state index is 13.4. The molecule has 0 aromatic heterocycles. The number of likely N-dealkylation sites (tertiary alicyclic amines) is 2. The molecule has 7 nitrogen and oxygen atoms in total. The van der Waals surface area contributed by atoms with Crippen LogP contribution in [-0.4, -0.2) is 84.3 Å². The van der Waals surface area contributed by atoms with E-state index in [0.29, 0.717) is 5.57 Å². The molecule has 0 bridgehead atoms. The molecule has 2 aliphatic heterocycles. The average Bonchev–Trinajstić information content (AvgIpc) is 3.30. The van der Waals surface area contributed by atoms with Gasteiger partial charge in [-0.15, -0.1) is 0 Å². The van der Waals surface area contributed by atoms with Crippen molar-refractivity contribution in [1.29, 1.82) is 0 Å². The molecule has 7 heteroatoms. The normalized spacial score (nSPS) is 21.3. The minimum absolute atomic E-state index is 0.0474. The van der Waals surface area contributed by atoms with Gasteiger partial charge in [0.2, 0.25) is 17.7 Å². The summed E-state index contributed by atoms with van der Waals surface area (Å²) < 4.78 is 0. The molecule has 1 N–H and O–H groups in total. The fourth-order valence-corrected chi connectivity index (χ4v) is 4.41. The molecule has 2 rings (SSSR count). The lowest BCUT2D eigenvalue weighted by Crippen LogP contribution is -2.59. The van der Waals surface area contributed by atoms with E-state index in [1.807, 2.05) is 52.6 Å². The average molecular weight is 479 g/mol. The van der Waals surface area contributed by atoms with Crippen molar-refractivity contribution in [3.8, 4) is 0 Å². The number of hydrogen-bond acceptors (Lipinski definition) is 4. The van der Waals surface area contributed by atoms with Gasteiger partial charge in [0.15, 0.2) is 0 Å². The Morgan fingerprint density at radius 1 is 1.06 bits per heavy atom. The smallest absolute Gasteiger partial charge is 0.249 e. The summed E-state index contributed by atoms with van der Waals surface area (Å²) in [5.41, 5.74) is 0.229. The van der Waals surface area contributed by atoms with Gasteiger partial charge in [-0.3, -0.25) is 19.3 Å². The van der Waals surface area contributed by atoms with Crippen LogP contribution in [0, 0.1) is 5.41 Å². The highest BCUT2D eigenvalue weighted by Gasteiger charge is 2.38. The molecule has 0 saturated carbocycles. The largest absolute Gasteiger partial charge is 0.342 e. The Bertz CT molecular complexity index is 707. The highest BCUT2D eigenvalue weighted by Crippen LogP contribution is 2.24. The molecule has 0 aliphatic carbocycles. The first kappa shape index (κ1) is 30.1. The van der Waals surface area contributed by atoms with E-state index in [4.69, 9.17) is 0 Å². The molecule has 34 heavy (non-hydrogen) atoms. The fraction of sp³-hybridized carbons (Fsp3) is 0.815. The van der Waals surface area contributed by atoms with E-state index in [-0.39, 0.29) is 29.8 Å². The molecule has 2 fully saturated rings. The summed E-state index contributed by atoms with van der Waals surface area (Å²) in [5, 5.41) is 3.05. The van der Waals surface area contributed by atoms with Crippen molar-refractivity contribution in [3.63, 3.8) is 0 Å². The molecule has 2 saturated heterocycles. The van der Waals surface area contributed by atoms with Gasteiger partial charge in [0.25, 0.3) is 0 Å². The van der Waals surface area contributed by atoms with Gasteiger partial charge in [0, 0.05) is 31.8 Å². The van der Waals surface area contributed by atoms with Gasteiger partial charge in [-0.2, -0.15) is 0 Å². The summed E-state index contributed by atoms with van der Waals surface area (Å²) in [7, 11) is 3.71. The van der Waals surface area contributed by atoms with Crippen molar-refractivity contribution >= 4 is 17.7 Å². The lowest BCUT2D eigenvalue weighted by molar-refractivity contribution is -0.140. The van der Waals surface area contributed by atoms with Crippen LogP contribution in [-0.2, 0) is 14.4 Å². The third-order valence-corrected chi connectivity index (χ3v) is 6.65. The van der Waals surface area contributed by atoms with Gasteiger partial charge in [-0.25, -0.2) is 0 Å². The second-order valence-electron chi connectivity index (χ2n) is 11.0. The molecule has 196 valence electrons. The number of amides is 3. The first-order chi connectivity index (χ1) is 15.8. The molecule has 2 heterocycles. The minimum Gasteiger partial charge on any atom is -0.342 e. The summed E-state index contributed by atoms with van der Waals surface area (Å²) in [6.45, 7) is 16.4. The molecular formula is C27H50N4O3. The van der Waals surface area contributed by atoms with Gasteiger partial charge in [-0.05, 0) is 58.5 Å². The molecule has 3 amide bonds. The summed E-state index contributed by atoms with van der Waals surface area (Å²) in [6.07, 6.45) is 8.16. The standard InChI is InChI=1S/C24H42N4O3.C3H8/c1-17(22(30)28-14-10-11-15-28)16-18(2)27(7)23(31)20(24(3,4)5)25-21(29)19-12-8-9-13-26(19)6;1-3-2/h16,18-20H,8-15H2,1-7H3,(H,25,29);3H2,1-2H3/b17-16+;. The lowest BCUT2D eigenvalue weighted by Gasteiger charge is -2.38. The highest BCUT2D eigenvalue weighted by atomic mass is 16.2. The SMILES string of the molecule is C/C(=C\C(C)N(C)C(=O)C(NC(=O)C1CCCCN1C)C(C)(C)C)C(=O)N1CCCC1.CCC. The Balaban J connectivity index is 0.00000182. The number of nitrogens with one attached hydrogen (secondary N) is 1. The van der Waals surface area contributed by atoms with Gasteiger partial charge >= 0.3 is 0 Å². The van der Waals surface area contributed by atoms with E-state index < -0.39 is 11.5 Å². The molecule has 0 aromatic rings. The topological polar surface area (TPSA) is 73.0 Å². The van der Waals surface area contributed by atoms with E-state index in [1.54, 1.807) is 11.9 Å². The Morgan fingerprint density at radius 3 is 2.09 bits per heavy atom. The zero-order chi connectivity index (χ0) is 26.1. The number of likely N-dealkylation sites (N-methyl/N-ethyl adjacent to an activating group) is 2. The monoisotopic (exact) mass is 478 g/mol. The van der Waals surface area contributed by atoms with Crippen LogP contribution < -0.4 is 5.32 Å². The lowest BCUT2D eigenvalue weighted by atomic mass is 9.85. The Morgan fingerprint density at radius 2 is 1.59 bits per heavy atom. The number of nitrogens with zero attached hydrogens (tertiary/aromatic N) is 3. The maximum Gasteiger partial charge on any atom is 0.249 e. The molecule has 0 radical (unpaired) electrons. The van der Waals surface area contributed by atoms with Crippen LogP contribution in [0.2, 0.25) is 0 Å². The number of carbonyl (C=O) groups is 3. The van der Waals surface area contributed by atoms with Crippen LogP contribution >= 0.6 is 0 Å². The molecule has 3 unspecified atom stereocenters. The maximum absolute atomic E-state index is 13.4. The van der Waals surface area contributed by atoms with Gasteiger partial charge in [0.1, 0.15) is 6.04 Å². The summed E-state index contributed by atoms with van der Waals surface area (Å²) >= 11 is 0. The molecule has 2 aliphatic rings. The second-order valence-corrected chi connectivity index (χ2v) is 11.0. The van der Waals surface area contributed by atoms with E-state index in [9.17, 15) is 14.4 Å². The number of piperidine rings is 1. The van der Waals surface area contributed by atoms with E-state index in [2.05, 4.69) is 24.1 Å². The molecule has 3 atom stereocenters. The number of carbonyl (C=O) groups excluding carboxylic acids is 3. The van der Waals surface area contributed by atoms with Gasteiger partial charge in [0.05, 0.1) is 6.04 Å². The van der Waals surface area contributed by atoms with E-state index in [1.165, 1.54) is 6.42 Å². The zero-order valence-electron chi connectivity index (χ0n) is 23.2. The molecule has 0 spiro atoms. The summed E-state index contributed by atoms with van der Waals surface area (Å²) in [5.74, 6) is -0.164. The van der Waals surface area contributed by atoms with Crippen molar-refractivity contribution < 1.29 is 14.4 Å². The van der Waals surface area contributed by atoms with Crippen molar-refractivity contribution in [2.45, 2.75) is 105 Å². The van der Waals surface area contributed by atoms with Crippen LogP contribution in [0.5, 0.6) is 0 Å². The minimum atomic E-state index is -0.634. The Kier molecular flexibility index (Phi) is 12.3. The van der Waals surface area contributed by atoms with Crippen molar-refractivity contribution in [3.05, 3.63) is 11.6 Å². The zero-order valence-corrected chi connectivity index (χ0v) is 23.2. The summed E-state index contributed by atoms with van der Waals surface area (Å²) in [6, 6.07) is -1.07. The second kappa shape index (κ2) is 13.9. The Labute approximate surface area is 208 Å². The molecular weight excluding hydrogens is 428 g/mol. The third-order valence-electron chi connectivity index (χ3n) is 6.65.